The summed E-state index contributed by atoms with van der Waals surface area (Å²) in [6.07, 6.45) is 7.65. The van der Waals surface area contributed by atoms with Crippen LogP contribution in [-0.2, 0) is 24.3 Å². The van der Waals surface area contributed by atoms with E-state index in [2.05, 4.69) is 38.0 Å². The number of amides is 1. The van der Waals surface area contributed by atoms with E-state index in [1.807, 2.05) is 59.8 Å². The number of nitrogens with zero attached hydrogens (tertiary/aromatic N) is 5. The largest absolute Gasteiger partial charge is 0.493 e. The van der Waals surface area contributed by atoms with Crippen molar-refractivity contribution < 1.29 is 23.4 Å². The van der Waals surface area contributed by atoms with Gasteiger partial charge in [0.2, 0.25) is 17.6 Å². The molecule has 272 valence electrons. The van der Waals surface area contributed by atoms with Crippen LogP contribution in [0.15, 0.2) is 85.2 Å². The second-order valence-corrected chi connectivity index (χ2v) is 14.0. The summed E-state index contributed by atoms with van der Waals surface area (Å²) in [6, 6.07) is 23.0. The highest BCUT2D eigenvalue weighted by molar-refractivity contribution is 5.85. The molecule has 52 heavy (non-hydrogen) atoms. The zero-order valence-electron chi connectivity index (χ0n) is 30.2. The van der Waals surface area contributed by atoms with Crippen LogP contribution >= 0.6 is 0 Å². The predicted octanol–water partition coefficient (Wildman–Crippen LogP) is 6.57. The molecule has 2 fully saturated rings. The molecule has 11 heteroatoms. The number of para-hydroxylation sites is 2. The van der Waals surface area contributed by atoms with Gasteiger partial charge in [0, 0.05) is 44.6 Å². The molecular formula is C41H47FN6O4. The maximum atomic E-state index is 14.4. The van der Waals surface area contributed by atoms with Gasteiger partial charge >= 0.3 is 0 Å². The Bertz CT molecular complexity index is 1950. The smallest absolute Gasteiger partial charge is 0.229 e. The summed E-state index contributed by atoms with van der Waals surface area (Å²) in [6.45, 7) is 4.46. The number of carbonyl (C=O) groups is 1. The highest BCUT2D eigenvalue weighted by Gasteiger charge is 2.46. The second-order valence-electron chi connectivity index (χ2n) is 14.0. The van der Waals surface area contributed by atoms with Crippen molar-refractivity contribution in [3.63, 3.8) is 0 Å². The number of hydrogen-bond donors (Lipinski definition) is 1. The fourth-order valence-corrected chi connectivity index (χ4v) is 7.84. The summed E-state index contributed by atoms with van der Waals surface area (Å²) in [5.74, 6) is 2.39. The summed E-state index contributed by atoms with van der Waals surface area (Å²) in [7, 11) is 4.76. The predicted molar refractivity (Wildman–Crippen MR) is 199 cm³/mol. The number of methoxy groups -OCH3 is 3. The van der Waals surface area contributed by atoms with Crippen molar-refractivity contribution in [2.24, 2.45) is 5.41 Å². The number of aromatic nitrogens is 3. The Morgan fingerprint density at radius 2 is 1.56 bits per heavy atom. The molecule has 2 aromatic heterocycles. The zero-order chi connectivity index (χ0) is 36.1. The molecule has 1 atom stereocenters. The average molecular weight is 707 g/mol. The van der Waals surface area contributed by atoms with Crippen molar-refractivity contribution in [2.75, 3.05) is 52.8 Å². The molecular weight excluding hydrogens is 659 g/mol. The molecule has 2 saturated heterocycles. The first-order chi connectivity index (χ1) is 25.4. The second kappa shape index (κ2) is 15.6. The summed E-state index contributed by atoms with van der Waals surface area (Å²) >= 11 is 0. The number of fused-ring (bicyclic) bond motifs is 1. The lowest BCUT2D eigenvalue weighted by Crippen LogP contribution is -2.43. The first-order valence-corrected chi connectivity index (χ1v) is 18.0. The number of carbonyl (C=O) groups excluding carboxylic acids is 1. The van der Waals surface area contributed by atoms with Crippen molar-refractivity contribution in [3.8, 4) is 17.2 Å². The Hall–Kier alpha value is -5.16. The highest BCUT2D eigenvalue weighted by atomic mass is 19.1. The number of piperidine rings is 1. The number of ether oxygens (including phenoxy) is 3. The lowest BCUT2D eigenvalue weighted by molar-refractivity contribution is -0.137. The number of benzene rings is 3. The van der Waals surface area contributed by atoms with Crippen LogP contribution in [0.25, 0.3) is 11.0 Å². The van der Waals surface area contributed by atoms with Crippen LogP contribution in [-0.4, -0.2) is 83.8 Å². The monoisotopic (exact) mass is 706 g/mol. The maximum Gasteiger partial charge on any atom is 0.229 e. The number of anilines is 1. The van der Waals surface area contributed by atoms with E-state index in [0.717, 1.165) is 73.4 Å². The highest BCUT2D eigenvalue weighted by Crippen LogP contribution is 2.42. The normalized spacial score (nSPS) is 18.2. The molecule has 10 nitrogen and oxygen atoms in total. The molecule has 7 rings (SSSR count). The third kappa shape index (κ3) is 7.55. The summed E-state index contributed by atoms with van der Waals surface area (Å²) in [4.78, 5) is 28.0. The van der Waals surface area contributed by atoms with Gasteiger partial charge in [0.05, 0.1) is 44.3 Å². The topological polar surface area (TPSA) is 94.0 Å². The van der Waals surface area contributed by atoms with E-state index in [4.69, 9.17) is 19.2 Å². The minimum Gasteiger partial charge on any atom is -0.493 e. The van der Waals surface area contributed by atoms with Crippen molar-refractivity contribution in [3.05, 3.63) is 108 Å². The van der Waals surface area contributed by atoms with Gasteiger partial charge < -0.3 is 33.9 Å². The van der Waals surface area contributed by atoms with Crippen LogP contribution in [0, 0.1) is 11.2 Å². The van der Waals surface area contributed by atoms with E-state index in [1.54, 1.807) is 21.3 Å². The fraction of sp³-hybridized carbons (Fsp3) is 0.390. The van der Waals surface area contributed by atoms with Crippen LogP contribution in [0.3, 0.4) is 0 Å². The molecule has 4 heterocycles. The van der Waals surface area contributed by atoms with Gasteiger partial charge in [-0.05, 0) is 104 Å². The minimum atomic E-state index is -0.578. The Morgan fingerprint density at radius 3 is 2.25 bits per heavy atom. The molecule has 2 aliphatic rings. The summed E-state index contributed by atoms with van der Waals surface area (Å²) in [5.41, 5.74) is 4.56. The van der Waals surface area contributed by atoms with Crippen LogP contribution in [0.4, 0.5) is 10.3 Å². The van der Waals surface area contributed by atoms with Gasteiger partial charge in [0.15, 0.2) is 11.5 Å². The zero-order valence-corrected chi connectivity index (χ0v) is 30.2. The van der Waals surface area contributed by atoms with Crippen LogP contribution in [0.1, 0.15) is 42.4 Å². The first-order valence-electron chi connectivity index (χ1n) is 18.0. The van der Waals surface area contributed by atoms with Crippen molar-refractivity contribution in [1.82, 2.24) is 24.3 Å². The van der Waals surface area contributed by atoms with Crippen molar-refractivity contribution in [1.29, 1.82) is 0 Å². The molecule has 1 amide bonds. The van der Waals surface area contributed by atoms with Crippen LogP contribution in [0.2, 0.25) is 0 Å². The first kappa shape index (κ1) is 35.3. The van der Waals surface area contributed by atoms with Crippen molar-refractivity contribution in [2.45, 2.75) is 51.2 Å². The van der Waals surface area contributed by atoms with Gasteiger partial charge in [-0.3, -0.25) is 9.78 Å². The van der Waals surface area contributed by atoms with E-state index >= 15 is 0 Å². The quantitative estimate of drug-likeness (QED) is 0.139. The van der Waals surface area contributed by atoms with E-state index in [9.17, 15) is 9.18 Å². The average Bonchev–Trinajstić information content (AvgIpc) is 3.67. The van der Waals surface area contributed by atoms with E-state index in [0.29, 0.717) is 49.3 Å². The third-order valence-electron chi connectivity index (χ3n) is 10.7. The van der Waals surface area contributed by atoms with E-state index in [1.165, 1.54) is 17.7 Å². The number of nitrogens with one attached hydrogen (secondary N) is 1. The van der Waals surface area contributed by atoms with Gasteiger partial charge in [-0.1, -0.05) is 24.3 Å². The molecule has 1 unspecified atom stereocenters. The van der Waals surface area contributed by atoms with Gasteiger partial charge in [0.25, 0.3) is 0 Å². The standard InChI is InChI=1S/C41H47FN6O4/c1-50-36-24-31(25-37(51-2)38(36)52-3)27-47-23-17-41(39(47)49,26-29-8-10-32(42)11-9-29)16-22-46-20-14-33(15-21-46)44-40-45-34-6-4-5-7-35(34)48(40)28-30-12-18-43-19-13-30/h4-13,18-19,24-25,33H,14-17,20-23,26-28H2,1-3H3,(H,44,45). The summed E-state index contributed by atoms with van der Waals surface area (Å²) in [5, 5.41) is 3.77. The molecule has 2 aliphatic heterocycles. The number of hydrogen-bond acceptors (Lipinski definition) is 8. The van der Waals surface area contributed by atoms with Crippen LogP contribution < -0.4 is 19.5 Å². The molecule has 0 bridgehead atoms. The molecule has 0 spiro atoms. The lowest BCUT2D eigenvalue weighted by Gasteiger charge is -2.35. The molecule has 3 aromatic carbocycles. The lowest BCUT2D eigenvalue weighted by atomic mass is 9.77. The molecule has 0 aliphatic carbocycles. The Labute approximate surface area is 304 Å². The number of pyridine rings is 1. The SMILES string of the molecule is COc1cc(CN2CCC(CCN3CCC(Nc4nc5ccccc5n4Cc4ccncc4)CC3)(Cc3ccc(F)cc3)C2=O)cc(OC)c1OC. The van der Waals surface area contributed by atoms with E-state index < -0.39 is 5.41 Å². The van der Waals surface area contributed by atoms with Gasteiger partial charge in [-0.25, -0.2) is 9.37 Å². The number of likely N-dealkylation sites (tertiary alicyclic amines) is 2. The van der Waals surface area contributed by atoms with Gasteiger partial charge in [-0.2, -0.15) is 0 Å². The van der Waals surface area contributed by atoms with Crippen molar-refractivity contribution >= 4 is 22.9 Å². The fourth-order valence-electron chi connectivity index (χ4n) is 7.84. The number of halogens is 1. The minimum absolute atomic E-state index is 0.134. The summed E-state index contributed by atoms with van der Waals surface area (Å²) < 4.78 is 32.8. The third-order valence-corrected chi connectivity index (χ3v) is 10.7. The van der Waals surface area contributed by atoms with Gasteiger partial charge in [-0.15, -0.1) is 0 Å². The van der Waals surface area contributed by atoms with E-state index in [-0.39, 0.29) is 11.7 Å². The number of imidazole rings is 1. The molecule has 0 saturated carbocycles. The molecule has 5 aromatic rings. The maximum absolute atomic E-state index is 14.4. The Kier molecular flexibility index (Phi) is 10.6. The van der Waals surface area contributed by atoms with Gasteiger partial charge in [0.1, 0.15) is 5.82 Å². The molecule has 1 N–H and O–H groups in total. The molecule has 0 radical (unpaired) electrons. The number of rotatable bonds is 14. The Morgan fingerprint density at radius 1 is 0.846 bits per heavy atom. The Balaban J connectivity index is 1.02. The van der Waals surface area contributed by atoms with Crippen LogP contribution in [0.5, 0.6) is 17.2 Å².